The van der Waals surface area contributed by atoms with E-state index in [4.69, 9.17) is 28.3 Å². The highest BCUT2D eigenvalue weighted by Gasteiger charge is 2.05. The largest absolute Gasteiger partial charge is 0.388 e. The zero-order valence-corrected chi connectivity index (χ0v) is 9.70. The second-order valence-electron chi connectivity index (χ2n) is 3.17. The lowest BCUT2D eigenvalue weighted by molar-refractivity contribution is 0.271. The molecule has 0 saturated heterocycles. The van der Waals surface area contributed by atoms with Crippen molar-refractivity contribution in [2.24, 2.45) is 0 Å². The predicted octanol–water partition coefficient (Wildman–Crippen LogP) is 2.94. The zero-order chi connectivity index (χ0) is 11.5. The van der Waals surface area contributed by atoms with Crippen LogP contribution in [-0.2, 0) is 6.61 Å². The van der Waals surface area contributed by atoms with Gasteiger partial charge < -0.3 is 5.11 Å². The molecule has 0 aliphatic heterocycles. The number of aliphatic hydroxyl groups is 1. The Hall–Kier alpha value is -1.16. The first kappa shape index (κ1) is 11.3. The second-order valence-corrected chi connectivity index (χ2v) is 4.01. The molecule has 0 bridgehead atoms. The third-order valence-electron chi connectivity index (χ3n) is 2.09. The third-order valence-corrected chi connectivity index (χ3v) is 2.64. The minimum atomic E-state index is -0.172. The van der Waals surface area contributed by atoms with E-state index in [-0.39, 0.29) is 6.61 Å². The van der Waals surface area contributed by atoms with Gasteiger partial charge in [-0.25, -0.2) is 9.97 Å². The molecule has 0 saturated carbocycles. The van der Waals surface area contributed by atoms with Gasteiger partial charge in [0.2, 0.25) is 0 Å². The molecule has 0 aliphatic rings. The Morgan fingerprint density at radius 2 is 1.81 bits per heavy atom. The van der Waals surface area contributed by atoms with E-state index in [0.717, 1.165) is 11.1 Å². The molecule has 0 aliphatic carbocycles. The molecule has 0 amide bonds. The Labute approximate surface area is 103 Å². The topological polar surface area (TPSA) is 46.0 Å². The van der Waals surface area contributed by atoms with Crippen LogP contribution in [0.1, 0.15) is 5.82 Å². The van der Waals surface area contributed by atoms with Crippen molar-refractivity contribution in [3.8, 4) is 11.1 Å². The summed E-state index contributed by atoms with van der Waals surface area (Å²) in [7, 11) is 0. The van der Waals surface area contributed by atoms with Gasteiger partial charge in [0, 0.05) is 33.6 Å². The van der Waals surface area contributed by atoms with Crippen LogP contribution in [0.25, 0.3) is 11.1 Å². The SMILES string of the molecule is OCc1ncc(-c2ccc(Cl)cc2Cl)cn1. The molecule has 0 radical (unpaired) electrons. The Kier molecular flexibility index (Phi) is 3.39. The molecule has 1 aromatic carbocycles. The minimum absolute atomic E-state index is 0.172. The highest BCUT2D eigenvalue weighted by atomic mass is 35.5. The fourth-order valence-corrected chi connectivity index (χ4v) is 1.82. The molecule has 82 valence electrons. The predicted molar refractivity (Wildman–Crippen MR) is 63.4 cm³/mol. The molecule has 5 heteroatoms. The average molecular weight is 255 g/mol. The summed E-state index contributed by atoms with van der Waals surface area (Å²) < 4.78 is 0. The van der Waals surface area contributed by atoms with Crippen molar-refractivity contribution in [3.63, 3.8) is 0 Å². The van der Waals surface area contributed by atoms with Crippen LogP contribution in [-0.4, -0.2) is 15.1 Å². The molecular weight excluding hydrogens is 247 g/mol. The van der Waals surface area contributed by atoms with E-state index in [1.54, 1.807) is 24.5 Å². The van der Waals surface area contributed by atoms with Crippen LogP contribution in [0.3, 0.4) is 0 Å². The van der Waals surface area contributed by atoms with Crippen LogP contribution >= 0.6 is 23.2 Å². The fraction of sp³-hybridized carbons (Fsp3) is 0.0909. The lowest BCUT2D eigenvalue weighted by Crippen LogP contribution is -1.93. The molecule has 0 spiro atoms. The van der Waals surface area contributed by atoms with E-state index in [9.17, 15) is 0 Å². The average Bonchev–Trinajstić information content (AvgIpc) is 2.29. The van der Waals surface area contributed by atoms with Crippen molar-refractivity contribution in [1.29, 1.82) is 0 Å². The maximum atomic E-state index is 8.82. The molecule has 0 atom stereocenters. The Morgan fingerprint density at radius 3 is 2.38 bits per heavy atom. The van der Waals surface area contributed by atoms with Crippen molar-refractivity contribution >= 4 is 23.2 Å². The van der Waals surface area contributed by atoms with Gasteiger partial charge >= 0.3 is 0 Å². The monoisotopic (exact) mass is 254 g/mol. The first-order valence-corrected chi connectivity index (χ1v) is 5.33. The van der Waals surface area contributed by atoms with Crippen molar-refractivity contribution in [1.82, 2.24) is 9.97 Å². The van der Waals surface area contributed by atoms with Crippen LogP contribution in [0, 0.1) is 0 Å². The number of aromatic nitrogens is 2. The van der Waals surface area contributed by atoms with Crippen LogP contribution in [0.4, 0.5) is 0 Å². The number of hydrogen-bond acceptors (Lipinski definition) is 3. The standard InChI is InChI=1S/C11H8Cl2N2O/c12-8-1-2-9(10(13)3-8)7-4-14-11(6-16)15-5-7/h1-5,16H,6H2. The van der Waals surface area contributed by atoms with Gasteiger partial charge in [0.15, 0.2) is 5.82 Å². The van der Waals surface area contributed by atoms with Crippen LogP contribution in [0.15, 0.2) is 30.6 Å². The lowest BCUT2D eigenvalue weighted by Gasteiger charge is -2.04. The first-order valence-electron chi connectivity index (χ1n) is 4.58. The van der Waals surface area contributed by atoms with Crippen molar-refractivity contribution in [2.45, 2.75) is 6.61 Å². The minimum Gasteiger partial charge on any atom is -0.388 e. The summed E-state index contributed by atoms with van der Waals surface area (Å²) in [4.78, 5) is 7.97. The van der Waals surface area contributed by atoms with E-state index in [2.05, 4.69) is 9.97 Å². The van der Waals surface area contributed by atoms with Gasteiger partial charge in [-0.05, 0) is 12.1 Å². The number of hydrogen-bond donors (Lipinski definition) is 1. The summed E-state index contributed by atoms with van der Waals surface area (Å²) in [5, 5.41) is 9.96. The Morgan fingerprint density at radius 1 is 1.12 bits per heavy atom. The third kappa shape index (κ3) is 2.32. The maximum absolute atomic E-state index is 8.82. The molecule has 1 aromatic heterocycles. The maximum Gasteiger partial charge on any atom is 0.153 e. The summed E-state index contributed by atoms with van der Waals surface area (Å²) in [6.45, 7) is -0.172. The van der Waals surface area contributed by atoms with Crippen LogP contribution < -0.4 is 0 Å². The van der Waals surface area contributed by atoms with Crippen LogP contribution in [0.5, 0.6) is 0 Å². The van der Waals surface area contributed by atoms with Crippen molar-refractivity contribution < 1.29 is 5.11 Å². The fourth-order valence-electron chi connectivity index (χ4n) is 1.30. The summed E-state index contributed by atoms with van der Waals surface area (Å²) in [5.41, 5.74) is 1.61. The number of halogens is 2. The highest BCUT2D eigenvalue weighted by molar-refractivity contribution is 6.36. The van der Waals surface area contributed by atoms with Gasteiger partial charge in [-0.15, -0.1) is 0 Å². The number of rotatable bonds is 2. The van der Waals surface area contributed by atoms with E-state index in [1.807, 2.05) is 6.07 Å². The molecule has 1 N–H and O–H groups in total. The summed E-state index contributed by atoms with van der Waals surface area (Å²) in [6.07, 6.45) is 3.24. The molecule has 1 heterocycles. The Balaban J connectivity index is 2.42. The molecule has 2 rings (SSSR count). The zero-order valence-electron chi connectivity index (χ0n) is 8.19. The number of benzene rings is 1. The quantitative estimate of drug-likeness (QED) is 0.897. The van der Waals surface area contributed by atoms with Crippen LogP contribution in [0.2, 0.25) is 10.0 Å². The smallest absolute Gasteiger partial charge is 0.153 e. The van der Waals surface area contributed by atoms with E-state index < -0.39 is 0 Å². The second kappa shape index (κ2) is 4.78. The number of aliphatic hydroxyl groups excluding tert-OH is 1. The molecule has 16 heavy (non-hydrogen) atoms. The van der Waals surface area contributed by atoms with Gasteiger partial charge in [-0.3, -0.25) is 0 Å². The normalized spacial score (nSPS) is 10.4. The van der Waals surface area contributed by atoms with Crippen molar-refractivity contribution in [3.05, 3.63) is 46.5 Å². The molecule has 0 unspecified atom stereocenters. The summed E-state index contributed by atoms with van der Waals surface area (Å²) in [5.74, 6) is 0.383. The lowest BCUT2D eigenvalue weighted by atomic mass is 10.1. The first-order chi connectivity index (χ1) is 7.70. The highest BCUT2D eigenvalue weighted by Crippen LogP contribution is 2.29. The molecule has 0 fully saturated rings. The number of nitrogens with zero attached hydrogens (tertiary/aromatic N) is 2. The van der Waals surface area contributed by atoms with Gasteiger partial charge in [0.05, 0.1) is 0 Å². The summed E-state index contributed by atoms with van der Waals surface area (Å²) >= 11 is 11.9. The summed E-state index contributed by atoms with van der Waals surface area (Å²) in [6, 6.07) is 5.23. The van der Waals surface area contributed by atoms with E-state index >= 15 is 0 Å². The van der Waals surface area contributed by atoms with Gasteiger partial charge in [0.1, 0.15) is 6.61 Å². The molecular formula is C11H8Cl2N2O. The van der Waals surface area contributed by atoms with Gasteiger partial charge in [-0.1, -0.05) is 29.3 Å². The van der Waals surface area contributed by atoms with Gasteiger partial charge in [0.25, 0.3) is 0 Å². The molecule has 3 nitrogen and oxygen atoms in total. The van der Waals surface area contributed by atoms with E-state index in [0.29, 0.717) is 15.9 Å². The van der Waals surface area contributed by atoms with E-state index in [1.165, 1.54) is 0 Å². The van der Waals surface area contributed by atoms with Crippen molar-refractivity contribution in [2.75, 3.05) is 0 Å². The Bertz CT molecular complexity index is 500. The molecule has 2 aromatic rings. The van der Waals surface area contributed by atoms with Gasteiger partial charge in [-0.2, -0.15) is 0 Å².